The first-order chi connectivity index (χ1) is 12.7. The zero-order valence-electron chi connectivity index (χ0n) is 14.8. The number of ether oxygens (including phenoxy) is 2. The summed E-state index contributed by atoms with van der Waals surface area (Å²) in [4.78, 5) is 16.9. The lowest BCUT2D eigenvalue weighted by Gasteiger charge is -2.22. The Hall–Kier alpha value is -2.30. The Morgan fingerprint density at radius 2 is 2.00 bits per heavy atom. The summed E-state index contributed by atoms with van der Waals surface area (Å²) in [5.41, 5.74) is 4.30. The molecule has 2 heterocycles. The maximum Gasteiger partial charge on any atom is 0.338 e. The third-order valence-corrected chi connectivity index (χ3v) is 4.73. The quantitative estimate of drug-likeness (QED) is 0.543. The predicted octanol–water partition coefficient (Wildman–Crippen LogP) is 5.48. The Balaban J connectivity index is 0.00000210. The van der Waals surface area contributed by atoms with E-state index in [1.54, 1.807) is 13.0 Å². The molecule has 0 N–H and O–H groups in total. The van der Waals surface area contributed by atoms with Crippen molar-refractivity contribution < 1.29 is 14.3 Å². The zero-order valence-corrected chi connectivity index (χ0v) is 16.4. The number of rotatable bonds is 3. The van der Waals surface area contributed by atoms with Crippen molar-refractivity contribution in [3.63, 3.8) is 0 Å². The number of halogens is 2. The van der Waals surface area contributed by atoms with Gasteiger partial charge in [-0.1, -0.05) is 23.7 Å². The summed E-state index contributed by atoms with van der Waals surface area (Å²) in [7, 11) is 0. The second-order valence-corrected chi connectivity index (χ2v) is 6.62. The SMILES string of the molecule is CCOC(=O)c1ccc2nc(-c3ccc(Cl)cc3)c3c(c2c1)OCCC3.Cl. The molecular weight excluding hydrogens is 385 g/mol. The van der Waals surface area contributed by atoms with Crippen molar-refractivity contribution in [3.8, 4) is 17.0 Å². The van der Waals surface area contributed by atoms with E-state index >= 15 is 0 Å². The normalized spacial score (nSPS) is 12.7. The third-order valence-electron chi connectivity index (χ3n) is 4.48. The molecule has 0 spiro atoms. The molecule has 0 bridgehead atoms. The Kier molecular flexibility index (Phi) is 5.88. The topological polar surface area (TPSA) is 48.4 Å². The molecule has 4 nitrogen and oxygen atoms in total. The molecule has 2 aromatic carbocycles. The lowest BCUT2D eigenvalue weighted by atomic mass is 9.96. The van der Waals surface area contributed by atoms with Gasteiger partial charge in [0.1, 0.15) is 5.75 Å². The first-order valence-electron chi connectivity index (χ1n) is 8.70. The van der Waals surface area contributed by atoms with Gasteiger partial charge < -0.3 is 9.47 Å². The number of carbonyl (C=O) groups excluding carboxylic acids is 1. The maximum atomic E-state index is 12.1. The van der Waals surface area contributed by atoms with Crippen LogP contribution in [0.4, 0.5) is 0 Å². The van der Waals surface area contributed by atoms with Crippen LogP contribution < -0.4 is 4.74 Å². The highest BCUT2D eigenvalue weighted by Crippen LogP contribution is 2.39. The van der Waals surface area contributed by atoms with Gasteiger partial charge in [0.2, 0.25) is 0 Å². The van der Waals surface area contributed by atoms with Crippen LogP contribution >= 0.6 is 24.0 Å². The Bertz CT molecular complexity index is 987. The minimum Gasteiger partial charge on any atom is -0.493 e. The predicted molar refractivity (Wildman–Crippen MR) is 109 cm³/mol. The molecule has 6 heteroatoms. The molecule has 0 atom stereocenters. The molecule has 1 aromatic heterocycles. The second kappa shape index (κ2) is 8.15. The molecule has 0 radical (unpaired) electrons. The van der Waals surface area contributed by atoms with Crippen molar-refractivity contribution >= 4 is 40.9 Å². The van der Waals surface area contributed by atoms with E-state index in [0.29, 0.717) is 23.8 Å². The molecular formula is C21H19Cl2NO3. The number of esters is 1. The first-order valence-corrected chi connectivity index (χ1v) is 9.07. The van der Waals surface area contributed by atoms with Gasteiger partial charge in [-0.05, 0) is 50.1 Å². The van der Waals surface area contributed by atoms with E-state index in [9.17, 15) is 4.79 Å². The fourth-order valence-corrected chi connectivity index (χ4v) is 3.41. The van der Waals surface area contributed by atoms with Gasteiger partial charge in [-0.15, -0.1) is 12.4 Å². The summed E-state index contributed by atoms with van der Waals surface area (Å²) < 4.78 is 11.1. The minimum atomic E-state index is -0.333. The van der Waals surface area contributed by atoms with Crippen LogP contribution in [0.1, 0.15) is 29.3 Å². The summed E-state index contributed by atoms with van der Waals surface area (Å²) in [5, 5.41) is 1.54. The molecule has 0 fully saturated rings. The Labute approximate surface area is 168 Å². The van der Waals surface area contributed by atoms with Crippen molar-refractivity contribution in [2.24, 2.45) is 0 Å². The zero-order chi connectivity index (χ0) is 18.1. The van der Waals surface area contributed by atoms with Crippen molar-refractivity contribution in [1.29, 1.82) is 0 Å². The van der Waals surface area contributed by atoms with E-state index in [-0.39, 0.29) is 18.4 Å². The summed E-state index contributed by atoms with van der Waals surface area (Å²) in [6.45, 7) is 2.80. The van der Waals surface area contributed by atoms with E-state index < -0.39 is 0 Å². The van der Waals surface area contributed by atoms with E-state index in [1.165, 1.54) is 0 Å². The number of fused-ring (bicyclic) bond motifs is 3. The van der Waals surface area contributed by atoms with E-state index in [0.717, 1.165) is 46.3 Å². The molecule has 1 aliphatic rings. The fraction of sp³-hybridized carbons (Fsp3) is 0.238. The number of hydrogen-bond donors (Lipinski definition) is 0. The molecule has 0 saturated heterocycles. The van der Waals surface area contributed by atoms with Crippen LogP contribution in [0.3, 0.4) is 0 Å². The van der Waals surface area contributed by atoms with Crippen LogP contribution in [0.25, 0.3) is 22.2 Å². The summed E-state index contributed by atoms with van der Waals surface area (Å²) in [6.07, 6.45) is 1.83. The van der Waals surface area contributed by atoms with Gasteiger partial charge in [0, 0.05) is 21.5 Å². The highest BCUT2D eigenvalue weighted by atomic mass is 35.5. The largest absolute Gasteiger partial charge is 0.493 e. The van der Waals surface area contributed by atoms with Crippen molar-refractivity contribution in [1.82, 2.24) is 4.98 Å². The van der Waals surface area contributed by atoms with Crippen molar-refractivity contribution in [2.75, 3.05) is 13.2 Å². The molecule has 0 unspecified atom stereocenters. The fourth-order valence-electron chi connectivity index (χ4n) is 3.28. The summed E-state index contributed by atoms with van der Waals surface area (Å²) >= 11 is 6.02. The molecule has 140 valence electrons. The van der Waals surface area contributed by atoms with Gasteiger partial charge in [0.25, 0.3) is 0 Å². The molecule has 27 heavy (non-hydrogen) atoms. The number of hydrogen-bond acceptors (Lipinski definition) is 4. The summed E-state index contributed by atoms with van der Waals surface area (Å²) in [5.74, 6) is 0.484. The molecule has 4 rings (SSSR count). The lowest BCUT2D eigenvalue weighted by molar-refractivity contribution is 0.0526. The average Bonchev–Trinajstić information content (AvgIpc) is 2.68. The van der Waals surface area contributed by atoms with E-state index in [4.69, 9.17) is 26.1 Å². The number of aromatic nitrogens is 1. The molecule has 1 aliphatic heterocycles. The van der Waals surface area contributed by atoms with E-state index in [2.05, 4.69) is 0 Å². The van der Waals surface area contributed by atoms with E-state index in [1.807, 2.05) is 36.4 Å². The molecule has 0 aliphatic carbocycles. The minimum absolute atomic E-state index is 0. The standard InChI is InChI=1S/C21H18ClNO3.ClH/c1-2-25-21(24)14-7-10-18-17(12-14)20-16(4-3-11-26-20)19(23-18)13-5-8-15(22)9-6-13;/h5-10,12H,2-4,11H2,1H3;1H. The average molecular weight is 404 g/mol. The number of benzene rings is 2. The second-order valence-electron chi connectivity index (χ2n) is 6.18. The molecule has 3 aromatic rings. The summed E-state index contributed by atoms with van der Waals surface area (Å²) in [6, 6.07) is 13.1. The van der Waals surface area contributed by atoms with Crippen molar-refractivity contribution in [2.45, 2.75) is 19.8 Å². The highest BCUT2D eigenvalue weighted by molar-refractivity contribution is 6.30. The molecule has 0 amide bonds. The monoisotopic (exact) mass is 403 g/mol. The van der Waals surface area contributed by atoms with Gasteiger partial charge in [0.05, 0.1) is 30.0 Å². The van der Waals surface area contributed by atoms with Gasteiger partial charge in [-0.3, -0.25) is 0 Å². The number of nitrogens with zero attached hydrogens (tertiary/aromatic N) is 1. The van der Waals surface area contributed by atoms with Crippen LogP contribution in [-0.2, 0) is 11.2 Å². The highest BCUT2D eigenvalue weighted by Gasteiger charge is 2.21. The van der Waals surface area contributed by atoms with Gasteiger partial charge in [-0.25, -0.2) is 9.78 Å². The third kappa shape index (κ3) is 3.73. The molecule has 0 saturated carbocycles. The first kappa shape index (κ1) is 19.5. The Morgan fingerprint density at radius 1 is 1.22 bits per heavy atom. The van der Waals surface area contributed by atoms with Gasteiger partial charge >= 0.3 is 5.97 Å². The van der Waals surface area contributed by atoms with Gasteiger partial charge in [0.15, 0.2) is 0 Å². The van der Waals surface area contributed by atoms with Crippen LogP contribution in [0.15, 0.2) is 42.5 Å². The Morgan fingerprint density at radius 3 is 2.74 bits per heavy atom. The number of pyridine rings is 1. The van der Waals surface area contributed by atoms with Crippen LogP contribution in [0, 0.1) is 0 Å². The van der Waals surface area contributed by atoms with Crippen LogP contribution in [-0.4, -0.2) is 24.2 Å². The van der Waals surface area contributed by atoms with Crippen LogP contribution in [0.5, 0.6) is 5.75 Å². The maximum absolute atomic E-state index is 12.1. The van der Waals surface area contributed by atoms with Crippen molar-refractivity contribution in [3.05, 3.63) is 58.6 Å². The lowest BCUT2D eigenvalue weighted by Crippen LogP contribution is -2.12. The van der Waals surface area contributed by atoms with Crippen LogP contribution in [0.2, 0.25) is 5.02 Å². The smallest absolute Gasteiger partial charge is 0.338 e. The number of carbonyl (C=O) groups is 1. The van der Waals surface area contributed by atoms with Gasteiger partial charge in [-0.2, -0.15) is 0 Å².